The molecule has 0 bridgehead atoms. The second-order valence-corrected chi connectivity index (χ2v) is 5.42. The number of ether oxygens (including phenoxy) is 2. The van der Waals surface area contributed by atoms with Crippen LogP contribution in [0.4, 0.5) is 0 Å². The third kappa shape index (κ3) is 5.49. The summed E-state index contributed by atoms with van der Waals surface area (Å²) in [6.07, 6.45) is -0.322. The first-order chi connectivity index (χ1) is 9.43. The standard InChI is InChI=1S/C16H27NO3/c1-12(2)20-11-15(18)10-17(4)13(3)14-6-8-16(19-5)9-7-14/h6-9,12-13,15,18H,10-11H2,1-5H3. The number of nitrogens with zero attached hydrogens (tertiary/aromatic N) is 1. The Labute approximate surface area is 122 Å². The van der Waals surface area contributed by atoms with E-state index in [1.165, 1.54) is 5.56 Å². The first-order valence-corrected chi connectivity index (χ1v) is 7.08. The molecule has 0 saturated heterocycles. The highest BCUT2D eigenvalue weighted by atomic mass is 16.5. The van der Waals surface area contributed by atoms with Gasteiger partial charge in [-0.3, -0.25) is 4.90 Å². The van der Waals surface area contributed by atoms with Gasteiger partial charge in [-0.05, 0) is 45.5 Å². The van der Waals surface area contributed by atoms with Crippen molar-refractivity contribution in [3.63, 3.8) is 0 Å². The van der Waals surface area contributed by atoms with Gasteiger partial charge < -0.3 is 14.6 Å². The maximum absolute atomic E-state index is 9.96. The zero-order valence-corrected chi connectivity index (χ0v) is 13.2. The van der Waals surface area contributed by atoms with Crippen LogP contribution in [0.25, 0.3) is 0 Å². The Bertz CT molecular complexity index is 378. The number of likely N-dealkylation sites (N-methyl/N-ethyl adjacent to an activating group) is 1. The van der Waals surface area contributed by atoms with E-state index in [2.05, 4.69) is 24.0 Å². The lowest BCUT2D eigenvalue weighted by Crippen LogP contribution is -2.34. The summed E-state index contributed by atoms with van der Waals surface area (Å²) in [6, 6.07) is 8.25. The number of hydrogen-bond donors (Lipinski definition) is 1. The van der Waals surface area contributed by atoms with Gasteiger partial charge in [-0.15, -0.1) is 0 Å². The van der Waals surface area contributed by atoms with Crippen LogP contribution in [0.3, 0.4) is 0 Å². The van der Waals surface area contributed by atoms with E-state index in [9.17, 15) is 5.11 Å². The zero-order valence-electron chi connectivity index (χ0n) is 13.2. The predicted molar refractivity (Wildman–Crippen MR) is 81.1 cm³/mol. The zero-order chi connectivity index (χ0) is 15.1. The predicted octanol–water partition coefficient (Wildman–Crippen LogP) is 2.47. The Morgan fingerprint density at radius 1 is 1.15 bits per heavy atom. The molecule has 0 fully saturated rings. The molecule has 0 aromatic heterocycles. The molecule has 0 aliphatic carbocycles. The normalized spacial score (nSPS) is 14.6. The van der Waals surface area contributed by atoms with Gasteiger partial charge in [0.25, 0.3) is 0 Å². The van der Waals surface area contributed by atoms with E-state index in [1.54, 1.807) is 7.11 Å². The van der Waals surface area contributed by atoms with E-state index >= 15 is 0 Å². The van der Waals surface area contributed by atoms with Gasteiger partial charge in [-0.2, -0.15) is 0 Å². The fourth-order valence-corrected chi connectivity index (χ4v) is 1.98. The summed E-state index contributed by atoms with van der Waals surface area (Å²) in [5.74, 6) is 0.856. The molecule has 1 aromatic rings. The van der Waals surface area contributed by atoms with E-state index in [-0.39, 0.29) is 12.1 Å². The van der Waals surface area contributed by atoms with E-state index < -0.39 is 6.10 Å². The highest BCUT2D eigenvalue weighted by molar-refractivity contribution is 5.28. The minimum absolute atomic E-state index is 0.147. The second-order valence-electron chi connectivity index (χ2n) is 5.42. The number of benzene rings is 1. The van der Waals surface area contributed by atoms with Gasteiger partial charge in [-0.25, -0.2) is 0 Å². The minimum atomic E-state index is -0.469. The monoisotopic (exact) mass is 281 g/mol. The molecule has 114 valence electrons. The molecule has 0 saturated carbocycles. The van der Waals surface area contributed by atoms with E-state index in [0.717, 1.165) is 5.75 Å². The summed E-state index contributed by atoms with van der Waals surface area (Å²) in [6.45, 7) is 7.02. The summed E-state index contributed by atoms with van der Waals surface area (Å²) in [5, 5.41) is 9.96. The van der Waals surface area contributed by atoms with Crippen molar-refractivity contribution >= 4 is 0 Å². The molecule has 1 rings (SSSR count). The molecule has 2 atom stereocenters. The van der Waals surface area contributed by atoms with Crippen LogP contribution in [0.2, 0.25) is 0 Å². The Morgan fingerprint density at radius 3 is 2.25 bits per heavy atom. The molecule has 0 amide bonds. The summed E-state index contributed by atoms with van der Waals surface area (Å²) in [5.41, 5.74) is 1.20. The molecular formula is C16H27NO3. The highest BCUT2D eigenvalue weighted by Crippen LogP contribution is 2.21. The Kier molecular flexibility index (Phi) is 6.99. The topological polar surface area (TPSA) is 41.9 Å². The number of rotatable bonds is 8. The van der Waals surface area contributed by atoms with Crippen molar-refractivity contribution in [2.24, 2.45) is 0 Å². The first-order valence-electron chi connectivity index (χ1n) is 7.08. The van der Waals surface area contributed by atoms with Crippen molar-refractivity contribution < 1.29 is 14.6 Å². The molecule has 0 spiro atoms. The van der Waals surface area contributed by atoms with Crippen molar-refractivity contribution in [1.29, 1.82) is 0 Å². The van der Waals surface area contributed by atoms with Crippen LogP contribution in [-0.4, -0.2) is 49.5 Å². The van der Waals surface area contributed by atoms with Crippen molar-refractivity contribution in [3.05, 3.63) is 29.8 Å². The van der Waals surface area contributed by atoms with Gasteiger partial charge in [-0.1, -0.05) is 12.1 Å². The molecule has 2 unspecified atom stereocenters. The molecule has 0 aliphatic rings. The lowest BCUT2D eigenvalue weighted by atomic mass is 10.1. The van der Waals surface area contributed by atoms with Crippen LogP contribution < -0.4 is 4.74 Å². The van der Waals surface area contributed by atoms with E-state index in [1.807, 2.05) is 33.0 Å². The molecule has 4 nitrogen and oxygen atoms in total. The lowest BCUT2D eigenvalue weighted by Gasteiger charge is -2.27. The SMILES string of the molecule is COc1ccc(C(C)N(C)CC(O)COC(C)C)cc1. The van der Waals surface area contributed by atoms with Crippen LogP contribution in [0, 0.1) is 0 Å². The second kappa shape index (κ2) is 8.25. The van der Waals surface area contributed by atoms with Crippen LogP contribution in [0.1, 0.15) is 32.4 Å². The largest absolute Gasteiger partial charge is 0.497 e. The molecule has 0 aliphatic heterocycles. The van der Waals surface area contributed by atoms with Crippen molar-refractivity contribution in [3.8, 4) is 5.75 Å². The summed E-state index contributed by atoms with van der Waals surface area (Å²) in [4.78, 5) is 2.12. The number of hydrogen-bond acceptors (Lipinski definition) is 4. The fourth-order valence-electron chi connectivity index (χ4n) is 1.98. The maximum atomic E-state index is 9.96. The van der Waals surface area contributed by atoms with Crippen molar-refractivity contribution in [2.45, 2.75) is 39.0 Å². The van der Waals surface area contributed by atoms with Crippen LogP contribution in [-0.2, 0) is 4.74 Å². The number of methoxy groups -OCH3 is 1. The van der Waals surface area contributed by atoms with Gasteiger partial charge in [0.1, 0.15) is 5.75 Å². The Morgan fingerprint density at radius 2 is 1.75 bits per heavy atom. The molecule has 4 heteroatoms. The Balaban J connectivity index is 2.50. The molecule has 20 heavy (non-hydrogen) atoms. The first kappa shape index (κ1) is 17.0. The highest BCUT2D eigenvalue weighted by Gasteiger charge is 2.16. The third-order valence-corrected chi connectivity index (χ3v) is 3.38. The molecule has 0 radical (unpaired) electrons. The molecular weight excluding hydrogens is 254 g/mol. The van der Waals surface area contributed by atoms with Gasteiger partial charge in [0.2, 0.25) is 0 Å². The maximum Gasteiger partial charge on any atom is 0.118 e. The number of aliphatic hydroxyl groups is 1. The third-order valence-electron chi connectivity index (χ3n) is 3.38. The average Bonchev–Trinajstić information content (AvgIpc) is 2.44. The quantitative estimate of drug-likeness (QED) is 0.795. The van der Waals surface area contributed by atoms with E-state index in [4.69, 9.17) is 9.47 Å². The van der Waals surface area contributed by atoms with Gasteiger partial charge >= 0.3 is 0 Å². The lowest BCUT2D eigenvalue weighted by molar-refractivity contribution is -0.00949. The van der Waals surface area contributed by atoms with Gasteiger partial charge in [0.15, 0.2) is 0 Å². The van der Waals surface area contributed by atoms with E-state index in [0.29, 0.717) is 13.2 Å². The summed E-state index contributed by atoms with van der Waals surface area (Å²) in [7, 11) is 3.67. The molecule has 1 N–H and O–H groups in total. The minimum Gasteiger partial charge on any atom is -0.497 e. The summed E-state index contributed by atoms with van der Waals surface area (Å²) >= 11 is 0. The van der Waals surface area contributed by atoms with Crippen molar-refractivity contribution in [2.75, 3.05) is 27.3 Å². The van der Waals surface area contributed by atoms with Crippen LogP contribution in [0.5, 0.6) is 5.75 Å². The fraction of sp³-hybridized carbons (Fsp3) is 0.625. The van der Waals surface area contributed by atoms with Gasteiger partial charge in [0.05, 0.1) is 25.9 Å². The Hall–Kier alpha value is -1.10. The smallest absolute Gasteiger partial charge is 0.118 e. The average molecular weight is 281 g/mol. The van der Waals surface area contributed by atoms with Crippen molar-refractivity contribution in [1.82, 2.24) is 4.90 Å². The van der Waals surface area contributed by atoms with Crippen LogP contribution in [0.15, 0.2) is 24.3 Å². The van der Waals surface area contributed by atoms with Crippen LogP contribution >= 0.6 is 0 Å². The van der Waals surface area contributed by atoms with Gasteiger partial charge in [0, 0.05) is 12.6 Å². The summed E-state index contributed by atoms with van der Waals surface area (Å²) < 4.78 is 10.6. The molecule has 1 aromatic carbocycles. The molecule has 0 heterocycles. The number of aliphatic hydroxyl groups excluding tert-OH is 1.